The largest absolute Gasteiger partial charge is 0.456 e. The topological polar surface area (TPSA) is 37.7 Å². The quantitative estimate of drug-likeness (QED) is 0.109. The second kappa shape index (κ2) is 27.0. The van der Waals surface area contributed by atoms with E-state index in [1.54, 1.807) is 0 Å². The maximum Gasteiger partial charge on any atom is 0.136 e. The first kappa shape index (κ1) is 65.1. The lowest BCUT2D eigenvalue weighted by Crippen LogP contribution is -2.11. The highest BCUT2D eigenvalue weighted by Crippen LogP contribution is 2.50. The van der Waals surface area contributed by atoms with Gasteiger partial charge in [0.25, 0.3) is 0 Å². The number of anilines is 6. The second-order valence-electron chi connectivity index (χ2n) is 29.4. The number of furan rings is 2. The number of rotatable bonds is 14. The summed E-state index contributed by atoms with van der Waals surface area (Å²) >= 11 is 0. The zero-order valence-electron chi connectivity index (χ0n) is 61.5. The Morgan fingerprint density at radius 2 is 0.602 bits per heavy atom. The molecule has 0 spiro atoms. The molecule has 0 radical (unpaired) electrons. The minimum Gasteiger partial charge on any atom is -0.456 e. The molecule has 0 saturated heterocycles. The van der Waals surface area contributed by atoms with E-state index in [9.17, 15) is 0 Å². The van der Waals surface area contributed by atoms with Crippen LogP contribution < -0.4 is 9.80 Å². The fourth-order valence-corrected chi connectivity index (χ4v) is 17.8. The van der Waals surface area contributed by atoms with Gasteiger partial charge in [0.05, 0.1) is 33.8 Å². The zero-order chi connectivity index (χ0) is 74.5. The highest BCUT2D eigenvalue weighted by molar-refractivity contribution is 6.17. The van der Waals surface area contributed by atoms with Gasteiger partial charge in [0.2, 0.25) is 0 Å². The number of aromatic nitrogens is 1. The van der Waals surface area contributed by atoms with E-state index in [0.29, 0.717) is 0 Å². The van der Waals surface area contributed by atoms with Crippen molar-refractivity contribution in [3.8, 4) is 83.6 Å². The van der Waals surface area contributed by atoms with Crippen LogP contribution in [-0.4, -0.2) is 4.57 Å². The lowest BCUT2D eigenvalue weighted by atomic mass is 9.92. The normalized spacial score (nSPS) is 11.7. The van der Waals surface area contributed by atoms with E-state index in [2.05, 4.69) is 427 Å². The first-order valence-corrected chi connectivity index (χ1v) is 38.7. The van der Waals surface area contributed by atoms with Crippen LogP contribution in [0, 0.1) is 0 Å². The number of hydrogen-bond donors (Lipinski definition) is 0. The van der Waals surface area contributed by atoms with Crippen LogP contribution in [0.15, 0.2) is 427 Å². The summed E-state index contributed by atoms with van der Waals surface area (Å²) < 4.78 is 15.9. The molecule has 0 atom stereocenters. The van der Waals surface area contributed by atoms with Gasteiger partial charge >= 0.3 is 0 Å². The number of hydrogen-bond acceptors (Lipinski definition) is 4. The maximum atomic E-state index is 7.03. The van der Waals surface area contributed by atoms with Gasteiger partial charge in [-0.2, -0.15) is 0 Å². The first-order chi connectivity index (χ1) is 56.0. The molecule has 113 heavy (non-hydrogen) atoms. The van der Waals surface area contributed by atoms with Crippen molar-refractivity contribution in [3.63, 3.8) is 0 Å². The van der Waals surface area contributed by atoms with Crippen molar-refractivity contribution in [3.05, 3.63) is 419 Å². The van der Waals surface area contributed by atoms with Gasteiger partial charge in [-0.1, -0.05) is 303 Å². The molecule has 22 rings (SSSR count). The first-order valence-electron chi connectivity index (χ1n) is 38.7. The molecule has 5 nitrogen and oxygen atoms in total. The van der Waals surface area contributed by atoms with Crippen LogP contribution in [0.5, 0.6) is 0 Å². The van der Waals surface area contributed by atoms with Crippen LogP contribution in [0.4, 0.5) is 34.1 Å². The molecule has 3 aromatic heterocycles. The Kier molecular flexibility index (Phi) is 15.5. The fourth-order valence-electron chi connectivity index (χ4n) is 17.8. The second-order valence-corrected chi connectivity index (χ2v) is 29.4. The Labute approximate surface area is 653 Å². The van der Waals surface area contributed by atoms with Crippen LogP contribution in [-0.2, 0) is 0 Å². The Hall–Kier alpha value is -15.0. The summed E-state index contributed by atoms with van der Waals surface area (Å²) in [5.74, 6) is 0. The van der Waals surface area contributed by atoms with Crippen molar-refractivity contribution in [2.45, 2.75) is 0 Å². The maximum absolute atomic E-state index is 7.03. The summed E-state index contributed by atoms with van der Waals surface area (Å²) in [7, 11) is 0. The molecule has 0 saturated carbocycles. The molecule has 0 aliphatic heterocycles. The van der Waals surface area contributed by atoms with E-state index in [1.165, 1.54) is 65.3 Å². The number of fused-ring (bicyclic) bond motifs is 12. The van der Waals surface area contributed by atoms with Crippen molar-refractivity contribution in [2.75, 3.05) is 9.80 Å². The molecule has 0 unspecified atom stereocenters. The number of nitrogens with zero attached hydrogens (tertiary/aromatic N) is 3. The molecule has 0 fully saturated rings. The fraction of sp³-hybridized carbons (Fsp3) is 0. The van der Waals surface area contributed by atoms with Gasteiger partial charge in [0, 0.05) is 71.5 Å². The summed E-state index contributed by atoms with van der Waals surface area (Å²) in [5.41, 5.74) is 29.0. The molecule has 22 aromatic rings. The SMILES string of the molecule is c1cc(-c2ccc(N(c3ccccc3-c3cccc4oc5ccccc5c34)c3cccc4ccccc34)cc2)cc(-c2cccc3ccc(-c4ccc5c(c4)oc4cccc(-c6ccccc6N(c6ccc(-c7ccccc7-n7c8ccccc8c8ccccc87)cc6)c6cccc(-c7cccc8ccccc78)c6)c45)cc23)c1. The predicted molar refractivity (Wildman–Crippen MR) is 475 cm³/mol. The minimum atomic E-state index is 0.830. The van der Waals surface area contributed by atoms with Gasteiger partial charge < -0.3 is 23.2 Å². The summed E-state index contributed by atoms with van der Waals surface area (Å²) in [6.07, 6.45) is 0. The van der Waals surface area contributed by atoms with Gasteiger partial charge in [-0.15, -0.1) is 0 Å². The van der Waals surface area contributed by atoms with Gasteiger partial charge in [0.1, 0.15) is 22.3 Å². The smallest absolute Gasteiger partial charge is 0.136 e. The van der Waals surface area contributed by atoms with E-state index in [-0.39, 0.29) is 0 Å². The highest BCUT2D eigenvalue weighted by Gasteiger charge is 2.26. The van der Waals surface area contributed by atoms with Crippen molar-refractivity contribution in [2.24, 2.45) is 0 Å². The Morgan fingerprint density at radius 3 is 1.31 bits per heavy atom. The van der Waals surface area contributed by atoms with Gasteiger partial charge in [-0.05, 0) is 203 Å². The molecule has 528 valence electrons. The molecule has 0 aliphatic rings. The van der Waals surface area contributed by atoms with E-state index in [0.717, 1.165) is 150 Å². The van der Waals surface area contributed by atoms with Crippen molar-refractivity contribution in [1.29, 1.82) is 0 Å². The summed E-state index contributed by atoms with van der Waals surface area (Å²) in [6.45, 7) is 0. The van der Waals surface area contributed by atoms with Crippen LogP contribution in [0.25, 0.3) is 182 Å². The molecule has 19 aromatic carbocycles. The molecule has 0 aliphatic carbocycles. The van der Waals surface area contributed by atoms with Gasteiger partial charge in [-0.25, -0.2) is 0 Å². The number of benzene rings is 19. The molecule has 0 bridgehead atoms. The molecule has 0 amide bonds. The van der Waals surface area contributed by atoms with E-state index in [1.807, 2.05) is 6.07 Å². The van der Waals surface area contributed by atoms with Crippen LogP contribution in [0.1, 0.15) is 0 Å². The Bertz CT molecular complexity index is 7460. The highest BCUT2D eigenvalue weighted by atomic mass is 16.3. The average molecular weight is 1440 g/mol. The van der Waals surface area contributed by atoms with E-state index in [4.69, 9.17) is 8.83 Å². The van der Waals surface area contributed by atoms with E-state index < -0.39 is 0 Å². The van der Waals surface area contributed by atoms with Crippen LogP contribution in [0.2, 0.25) is 0 Å². The lowest BCUT2D eigenvalue weighted by Gasteiger charge is -2.29. The van der Waals surface area contributed by atoms with Crippen LogP contribution in [0.3, 0.4) is 0 Å². The lowest BCUT2D eigenvalue weighted by molar-refractivity contribution is 0.668. The molecule has 5 heteroatoms. The predicted octanol–water partition coefficient (Wildman–Crippen LogP) is 30.7. The zero-order valence-corrected chi connectivity index (χ0v) is 61.5. The summed E-state index contributed by atoms with van der Waals surface area (Å²) in [6, 6.07) is 152. The van der Waals surface area contributed by atoms with Crippen molar-refractivity contribution < 1.29 is 8.83 Å². The van der Waals surface area contributed by atoms with E-state index >= 15 is 0 Å². The van der Waals surface area contributed by atoms with Gasteiger partial charge in [0.15, 0.2) is 0 Å². The standard InChI is InChI=1S/C108H69N3O2/c1-3-33-83-71(24-1)26-19-41-84(83)79-31-18-32-82(67-79)109(80-63-58-74(59-64-80)87-35-5-11-45-98(87)111-101-48-14-6-36-88(101)89-37-7-15-49-102(89)111)99-46-12-8-38-90(99)92-43-23-53-105-108(92)95-65-60-77(69-106(95)113-105)76-55-54-73-27-20-42-85(96(73)68-76)78-30-17-29-75(66-78)70-56-61-81(62-57-70)110(97-50-21-28-72-25-2-4-34-86(72)97)100-47-13-9-39-91(100)93-44-22-52-104-107(93)94-40-10-16-51-103(94)112-104/h1-69H. The third-order valence-electron chi connectivity index (χ3n) is 23.0. The molecule has 3 heterocycles. The molecular weight excluding hydrogens is 1370 g/mol. The average Bonchev–Trinajstić information content (AvgIpc) is 1.60. The Morgan fingerprint density at radius 1 is 0.186 bits per heavy atom. The van der Waals surface area contributed by atoms with Crippen molar-refractivity contribution >= 4 is 132 Å². The third-order valence-corrected chi connectivity index (χ3v) is 23.0. The van der Waals surface area contributed by atoms with Crippen molar-refractivity contribution in [1.82, 2.24) is 4.57 Å². The third kappa shape index (κ3) is 11.1. The van der Waals surface area contributed by atoms with Crippen LogP contribution >= 0.6 is 0 Å². The summed E-state index contributed by atoms with van der Waals surface area (Å²) in [4.78, 5) is 4.86. The summed E-state index contributed by atoms with van der Waals surface area (Å²) in [5, 5.41) is 13.9. The molecule has 0 N–H and O–H groups in total. The number of para-hydroxylation sites is 6. The monoisotopic (exact) mass is 1440 g/mol. The Balaban J connectivity index is 0.609. The van der Waals surface area contributed by atoms with Gasteiger partial charge in [-0.3, -0.25) is 0 Å². The minimum absolute atomic E-state index is 0.830. The molecular formula is C108H69N3O2.